The highest BCUT2D eigenvalue weighted by Gasteiger charge is 2.16. The van der Waals surface area contributed by atoms with Crippen LogP contribution in [0.4, 0.5) is 4.79 Å². The lowest BCUT2D eigenvalue weighted by atomic mass is 9.89. The van der Waals surface area contributed by atoms with E-state index >= 15 is 0 Å². The first-order valence-corrected chi connectivity index (χ1v) is 13.2. The molecule has 31 heavy (non-hydrogen) atoms. The minimum Gasteiger partial charge on any atom is -0.449 e. The third-order valence-corrected chi connectivity index (χ3v) is 6.29. The van der Waals surface area contributed by atoms with Crippen LogP contribution in [-0.4, -0.2) is 11.3 Å². The van der Waals surface area contributed by atoms with Crippen LogP contribution in [0, 0.1) is 0 Å². The topological polar surface area (TPSA) is 46.5 Å². The molecular weight excluding hydrogens is 384 g/mol. The number of unbranched alkanes of at least 4 members (excludes halogenated alkanes) is 12. The molecule has 0 saturated heterocycles. The van der Waals surface area contributed by atoms with Crippen molar-refractivity contribution >= 4 is 6.16 Å². The molecule has 3 heteroatoms. The zero-order valence-electron chi connectivity index (χ0n) is 20.6. The monoisotopic (exact) mass is 432 g/mol. The fourth-order valence-corrected chi connectivity index (χ4v) is 4.46. The van der Waals surface area contributed by atoms with Gasteiger partial charge in [0, 0.05) is 0 Å². The molecule has 0 aliphatic heterocycles. The van der Waals surface area contributed by atoms with Crippen molar-refractivity contribution in [2.75, 3.05) is 0 Å². The highest BCUT2D eigenvalue weighted by Crippen LogP contribution is 2.31. The van der Waals surface area contributed by atoms with Gasteiger partial charge in [0.1, 0.15) is 5.75 Å². The Bertz CT molecular complexity index is 594. The Balaban J connectivity index is 2.97. The van der Waals surface area contributed by atoms with E-state index in [1.165, 1.54) is 107 Å². The minimum atomic E-state index is -1.20. The van der Waals surface area contributed by atoms with Crippen LogP contribution in [0.25, 0.3) is 0 Å². The molecule has 0 aliphatic rings. The molecule has 0 unspecified atom stereocenters. The fraction of sp³-hybridized carbons (Fsp3) is 0.750. The van der Waals surface area contributed by atoms with Crippen LogP contribution in [0.1, 0.15) is 134 Å². The van der Waals surface area contributed by atoms with Crippen LogP contribution >= 0.6 is 0 Å². The van der Waals surface area contributed by atoms with Crippen LogP contribution in [0.5, 0.6) is 5.75 Å². The van der Waals surface area contributed by atoms with Crippen LogP contribution < -0.4 is 4.74 Å². The molecule has 0 bridgehead atoms. The zero-order valence-corrected chi connectivity index (χ0v) is 20.6. The first kappa shape index (κ1) is 27.5. The predicted octanol–water partition coefficient (Wildman–Crippen LogP) is 9.28. The van der Waals surface area contributed by atoms with Gasteiger partial charge in [-0.25, -0.2) is 4.79 Å². The number of hydrogen-bond donors (Lipinski definition) is 1. The summed E-state index contributed by atoms with van der Waals surface area (Å²) in [6, 6.07) is 4.05. The standard InChI is InChI=1S/C28H48O3/c1-4-7-10-13-16-19-24-22-23-27(31-28(29)30)26(21-18-15-12-9-6-3)25(24)20-17-14-11-8-5-2/h22-23H,4-21H2,1-3H3,(H,29,30). The highest BCUT2D eigenvalue weighted by molar-refractivity contribution is 5.63. The summed E-state index contributed by atoms with van der Waals surface area (Å²) >= 11 is 0. The average Bonchev–Trinajstić information content (AvgIpc) is 2.75. The number of rotatable bonds is 19. The zero-order chi connectivity index (χ0) is 22.7. The van der Waals surface area contributed by atoms with Gasteiger partial charge in [-0.3, -0.25) is 0 Å². The first-order chi connectivity index (χ1) is 15.1. The number of ether oxygens (including phenoxy) is 1. The lowest BCUT2D eigenvalue weighted by molar-refractivity contribution is 0.144. The summed E-state index contributed by atoms with van der Waals surface area (Å²) < 4.78 is 5.24. The largest absolute Gasteiger partial charge is 0.511 e. The molecule has 0 spiro atoms. The van der Waals surface area contributed by atoms with Gasteiger partial charge in [-0.05, 0) is 61.3 Å². The second-order valence-corrected chi connectivity index (χ2v) is 9.04. The van der Waals surface area contributed by atoms with Gasteiger partial charge in [0.05, 0.1) is 0 Å². The second-order valence-electron chi connectivity index (χ2n) is 9.04. The van der Waals surface area contributed by atoms with Crippen LogP contribution in [0.15, 0.2) is 12.1 Å². The lowest BCUT2D eigenvalue weighted by Gasteiger charge is -2.19. The molecule has 0 fully saturated rings. The van der Waals surface area contributed by atoms with Gasteiger partial charge in [-0.2, -0.15) is 0 Å². The molecule has 178 valence electrons. The summed E-state index contributed by atoms with van der Waals surface area (Å²) in [5.74, 6) is 0.571. The van der Waals surface area contributed by atoms with Gasteiger partial charge in [-0.1, -0.05) is 104 Å². The summed E-state index contributed by atoms with van der Waals surface area (Å²) in [5, 5.41) is 9.27. The quantitative estimate of drug-likeness (QED) is 0.134. The maximum atomic E-state index is 11.3. The molecule has 0 radical (unpaired) electrons. The van der Waals surface area contributed by atoms with Crippen molar-refractivity contribution in [2.45, 2.75) is 136 Å². The molecule has 1 N–H and O–H groups in total. The average molecular weight is 433 g/mol. The smallest absolute Gasteiger partial charge is 0.449 e. The highest BCUT2D eigenvalue weighted by atomic mass is 16.7. The molecule has 3 nitrogen and oxygen atoms in total. The number of hydrogen-bond acceptors (Lipinski definition) is 2. The Morgan fingerprint density at radius 1 is 0.645 bits per heavy atom. The summed E-state index contributed by atoms with van der Waals surface area (Å²) in [4.78, 5) is 11.3. The van der Waals surface area contributed by atoms with E-state index in [-0.39, 0.29) is 0 Å². The van der Waals surface area contributed by atoms with Crippen LogP contribution in [0.2, 0.25) is 0 Å². The van der Waals surface area contributed by atoms with E-state index in [0.717, 1.165) is 25.7 Å². The lowest BCUT2D eigenvalue weighted by Crippen LogP contribution is -2.09. The van der Waals surface area contributed by atoms with Crippen LogP contribution in [0.3, 0.4) is 0 Å². The number of carboxylic acid groups (broad SMARTS) is 1. The van der Waals surface area contributed by atoms with Crippen molar-refractivity contribution in [3.63, 3.8) is 0 Å². The van der Waals surface area contributed by atoms with Crippen LogP contribution in [-0.2, 0) is 19.3 Å². The third-order valence-electron chi connectivity index (χ3n) is 6.29. The van der Waals surface area contributed by atoms with Crippen molar-refractivity contribution in [1.82, 2.24) is 0 Å². The predicted molar refractivity (Wildman–Crippen MR) is 132 cm³/mol. The molecule has 1 aromatic carbocycles. The number of aryl methyl sites for hydroxylation is 1. The van der Waals surface area contributed by atoms with Gasteiger partial charge in [0.15, 0.2) is 0 Å². The van der Waals surface area contributed by atoms with Crippen molar-refractivity contribution in [2.24, 2.45) is 0 Å². The Labute approximate surface area is 192 Å². The molecule has 0 heterocycles. The van der Waals surface area contributed by atoms with Gasteiger partial charge >= 0.3 is 6.16 Å². The van der Waals surface area contributed by atoms with Crippen molar-refractivity contribution in [3.05, 3.63) is 28.8 Å². The molecule has 1 rings (SSSR count). The molecule has 0 aliphatic carbocycles. The SMILES string of the molecule is CCCCCCCc1ccc(OC(=O)O)c(CCCCCCC)c1CCCCCCC. The summed E-state index contributed by atoms with van der Waals surface area (Å²) in [7, 11) is 0. The Morgan fingerprint density at radius 3 is 1.58 bits per heavy atom. The minimum absolute atomic E-state index is 0.571. The molecular formula is C28H48O3. The Hall–Kier alpha value is -1.51. The Morgan fingerprint density at radius 2 is 1.10 bits per heavy atom. The van der Waals surface area contributed by atoms with E-state index < -0.39 is 6.16 Å². The molecule has 0 aromatic heterocycles. The molecule has 0 amide bonds. The van der Waals surface area contributed by atoms with E-state index in [1.54, 1.807) is 0 Å². The summed E-state index contributed by atoms with van der Waals surface area (Å²) in [6.45, 7) is 6.74. The van der Waals surface area contributed by atoms with Gasteiger partial charge in [0.25, 0.3) is 0 Å². The van der Waals surface area contributed by atoms with Crippen molar-refractivity contribution in [1.29, 1.82) is 0 Å². The maximum absolute atomic E-state index is 11.3. The van der Waals surface area contributed by atoms with E-state index in [1.807, 2.05) is 6.07 Å². The first-order valence-electron chi connectivity index (χ1n) is 13.2. The van der Waals surface area contributed by atoms with Gasteiger partial charge in [-0.15, -0.1) is 0 Å². The fourth-order valence-electron chi connectivity index (χ4n) is 4.46. The van der Waals surface area contributed by atoms with E-state index in [4.69, 9.17) is 4.74 Å². The van der Waals surface area contributed by atoms with E-state index in [2.05, 4.69) is 26.8 Å². The molecule has 0 atom stereocenters. The Kier molecular flexibility index (Phi) is 16.1. The number of benzene rings is 1. The van der Waals surface area contributed by atoms with Crippen molar-refractivity contribution in [3.8, 4) is 5.75 Å². The third kappa shape index (κ3) is 12.2. The van der Waals surface area contributed by atoms with Gasteiger partial charge < -0.3 is 9.84 Å². The summed E-state index contributed by atoms with van der Waals surface area (Å²) in [6.07, 6.45) is 20.7. The number of carbonyl (C=O) groups is 1. The van der Waals surface area contributed by atoms with Gasteiger partial charge in [0.2, 0.25) is 0 Å². The molecule has 1 aromatic rings. The summed E-state index contributed by atoms with van der Waals surface area (Å²) in [5.41, 5.74) is 3.98. The second kappa shape index (κ2) is 18.1. The maximum Gasteiger partial charge on any atom is 0.511 e. The normalized spacial score (nSPS) is 11.1. The van der Waals surface area contributed by atoms with E-state index in [9.17, 15) is 9.90 Å². The molecule has 0 saturated carbocycles. The van der Waals surface area contributed by atoms with Crippen molar-refractivity contribution < 1.29 is 14.6 Å². The van der Waals surface area contributed by atoms with E-state index in [0.29, 0.717) is 5.75 Å².